The lowest BCUT2D eigenvalue weighted by Crippen LogP contribution is -2.74. The van der Waals surface area contributed by atoms with E-state index in [4.69, 9.17) is 5.73 Å². The molecule has 8 nitrogen and oxygen atoms in total. The van der Waals surface area contributed by atoms with Crippen LogP contribution in [0, 0.1) is 5.41 Å². The van der Waals surface area contributed by atoms with E-state index >= 15 is 0 Å². The van der Waals surface area contributed by atoms with Crippen molar-refractivity contribution >= 4 is 29.2 Å². The van der Waals surface area contributed by atoms with Gasteiger partial charge in [-0.2, -0.15) is 0 Å². The van der Waals surface area contributed by atoms with E-state index in [2.05, 4.69) is 27.4 Å². The Bertz CT molecular complexity index is 758. The summed E-state index contributed by atoms with van der Waals surface area (Å²) in [4.78, 5) is 41.7. The highest BCUT2D eigenvalue weighted by atomic mass is 16.2. The lowest BCUT2D eigenvalue weighted by atomic mass is 9.68. The molecule has 1 atom stereocenters. The molecule has 1 spiro atoms. The van der Waals surface area contributed by atoms with Crippen molar-refractivity contribution in [3.8, 4) is 0 Å². The third-order valence-corrected chi connectivity index (χ3v) is 5.63. The number of fused-ring (bicyclic) bond motifs is 4. The zero-order chi connectivity index (χ0) is 17.8. The quantitative estimate of drug-likeness (QED) is 0.477. The predicted molar refractivity (Wildman–Crippen MR) is 91.9 cm³/mol. The number of amides is 4. The van der Waals surface area contributed by atoms with E-state index in [0.29, 0.717) is 18.8 Å². The Balaban J connectivity index is 1.86. The topological polar surface area (TPSA) is 108 Å². The van der Waals surface area contributed by atoms with Crippen LogP contribution in [0.15, 0.2) is 18.2 Å². The maximum absolute atomic E-state index is 12.9. The van der Waals surface area contributed by atoms with Crippen LogP contribution in [0.5, 0.6) is 0 Å². The molecule has 4 N–H and O–H groups in total. The van der Waals surface area contributed by atoms with E-state index in [9.17, 15) is 14.4 Å². The largest absolute Gasteiger partial charge is 0.399 e. The molecule has 0 aliphatic carbocycles. The number of imide groups is 2. The lowest BCUT2D eigenvalue weighted by molar-refractivity contribution is -0.147. The summed E-state index contributed by atoms with van der Waals surface area (Å²) in [6, 6.07) is 4.52. The highest BCUT2D eigenvalue weighted by molar-refractivity contribution is 6.20. The molecule has 2 fully saturated rings. The summed E-state index contributed by atoms with van der Waals surface area (Å²) in [6.45, 7) is 5.07. The molecule has 0 aromatic heterocycles. The van der Waals surface area contributed by atoms with Crippen molar-refractivity contribution in [2.24, 2.45) is 5.41 Å². The number of nitrogens with one attached hydrogen (secondary N) is 2. The summed E-state index contributed by atoms with van der Waals surface area (Å²) in [5.74, 6) is -1.05. The van der Waals surface area contributed by atoms with Crippen LogP contribution in [-0.4, -0.2) is 55.0 Å². The fourth-order valence-corrected chi connectivity index (χ4v) is 4.31. The van der Waals surface area contributed by atoms with Gasteiger partial charge in [-0.05, 0) is 36.7 Å². The first-order valence-electron chi connectivity index (χ1n) is 8.50. The number of nitrogen functional groups attached to an aromatic ring is 1. The molecule has 4 amide bonds. The Hall–Kier alpha value is -2.61. The Kier molecular flexibility index (Phi) is 3.47. The van der Waals surface area contributed by atoms with E-state index in [1.54, 1.807) is 0 Å². The van der Waals surface area contributed by atoms with Gasteiger partial charge in [-0.15, -0.1) is 0 Å². The fourth-order valence-electron chi connectivity index (χ4n) is 4.31. The van der Waals surface area contributed by atoms with Crippen molar-refractivity contribution in [3.63, 3.8) is 0 Å². The van der Waals surface area contributed by atoms with Gasteiger partial charge in [0.2, 0.25) is 11.8 Å². The second-order valence-electron chi connectivity index (χ2n) is 6.88. The molecule has 1 aromatic carbocycles. The molecule has 0 radical (unpaired) electrons. The number of barbiturate groups is 1. The van der Waals surface area contributed by atoms with Crippen LogP contribution in [0.25, 0.3) is 0 Å². The number of nitrogens with two attached hydrogens (primary N) is 1. The molecule has 25 heavy (non-hydrogen) atoms. The first-order chi connectivity index (χ1) is 12.0. The minimum Gasteiger partial charge on any atom is -0.399 e. The number of rotatable bonds is 1. The van der Waals surface area contributed by atoms with E-state index in [1.165, 1.54) is 0 Å². The molecule has 8 heteroatoms. The number of benzene rings is 1. The molecular weight excluding hydrogens is 322 g/mol. The Labute approximate surface area is 145 Å². The number of urea groups is 1. The average molecular weight is 343 g/mol. The first-order valence-corrected chi connectivity index (χ1v) is 8.50. The van der Waals surface area contributed by atoms with Gasteiger partial charge in [-0.25, -0.2) is 4.79 Å². The van der Waals surface area contributed by atoms with Gasteiger partial charge in [0, 0.05) is 31.0 Å². The van der Waals surface area contributed by atoms with Crippen molar-refractivity contribution in [1.82, 2.24) is 15.5 Å². The van der Waals surface area contributed by atoms with Gasteiger partial charge in [0.1, 0.15) is 0 Å². The van der Waals surface area contributed by atoms with Gasteiger partial charge in [-0.1, -0.05) is 6.92 Å². The van der Waals surface area contributed by atoms with Gasteiger partial charge in [0.15, 0.2) is 5.41 Å². The number of carbonyl (C=O) groups is 3. The molecule has 0 bridgehead atoms. The fraction of sp³-hybridized carbons (Fsp3) is 0.471. The average Bonchev–Trinajstić information content (AvgIpc) is 2.58. The minimum atomic E-state index is -1.33. The molecule has 2 saturated heterocycles. The second kappa shape index (κ2) is 5.45. The van der Waals surface area contributed by atoms with Gasteiger partial charge in [0.25, 0.3) is 0 Å². The molecule has 3 heterocycles. The van der Waals surface area contributed by atoms with Crippen LogP contribution in [-0.2, 0) is 16.0 Å². The van der Waals surface area contributed by atoms with Crippen molar-refractivity contribution in [2.75, 3.05) is 36.8 Å². The van der Waals surface area contributed by atoms with Gasteiger partial charge < -0.3 is 10.6 Å². The standard InChI is InChI=1S/C17H21N5O3/c1-2-21-5-6-22-12-4-3-11(18)7-10(12)8-17(13(22)9-21)14(23)19-16(25)20-15(17)24/h3-4,7,13H,2,5-6,8-9,18H2,1H3,(H2,19,20,23,24,25)/t13-/m0/s1. The summed E-state index contributed by atoms with van der Waals surface area (Å²) in [5, 5.41) is 4.59. The molecule has 4 rings (SSSR count). The number of anilines is 2. The normalized spacial score (nSPS) is 25.2. The van der Waals surface area contributed by atoms with Gasteiger partial charge >= 0.3 is 6.03 Å². The van der Waals surface area contributed by atoms with Crippen LogP contribution in [0.4, 0.5) is 16.2 Å². The summed E-state index contributed by atoms with van der Waals surface area (Å²) in [7, 11) is 0. The van der Waals surface area contributed by atoms with Crippen LogP contribution in [0.2, 0.25) is 0 Å². The number of nitrogens with zero attached hydrogens (tertiary/aromatic N) is 2. The molecule has 0 saturated carbocycles. The van der Waals surface area contributed by atoms with E-state index in [1.807, 2.05) is 18.2 Å². The van der Waals surface area contributed by atoms with Gasteiger partial charge in [-0.3, -0.25) is 25.1 Å². The third-order valence-electron chi connectivity index (χ3n) is 5.63. The van der Waals surface area contributed by atoms with Crippen LogP contribution in [0.1, 0.15) is 12.5 Å². The molecule has 0 unspecified atom stereocenters. The SMILES string of the molecule is CCN1CCN2c3ccc(N)cc3CC3(C(=O)NC(=O)NC3=O)[C@@H]2C1. The molecule has 3 aliphatic rings. The van der Waals surface area contributed by atoms with Crippen molar-refractivity contribution in [2.45, 2.75) is 19.4 Å². The summed E-state index contributed by atoms with van der Waals surface area (Å²) < 4.78 is 0. The summed E-state index contributed by atoms with van der Waals surface area (Å²) >= 11 is 0. The monoisotopic (exact) mass is 343 g/mol. The second-order valence-corrected chi connectivity index (χ2v) is 6.88. The van der Waals surface area contributed by atoms with Crippen LogP contribution >= 0.6 is 0 Å². The first kappa shape index (κ1) is 15.9. The molecule has 132 valence electrons. The van der Waals surface area contributed by atoms with Crippen LogP contribution < -0.4 is 21.3 Å². The smallest absolute Gasteiger partial charge is 0.328 e. The number of hydrogen-bond donors (Lipinski definition) is 3. The number of hydrogen-bond acceptors (Lipinski definition) is 6. The highest BCUT2D eigenvalue weighted by Crippen LogP contribution is 2.44. The van der Waals surface area contributed by atoms with E-state index in [0.717, 1.165) is 24.3 Å². The molecule has 3 aliphatic heterocycles. The number of likely N-dealkylation sites (N-methyl/N-ethyl adjacent to an activating group) is 1. The zero-order valence-electron chi connectivity index (χ0n) is 14.0. The Morgan fingerprint density at radius 1 is 1.20 bits per heavy atom. The maximum Gasteiger partial charge on any atom is 0.328 e. The number of carbonyl (C=O) groups excluding carboxylic acids is 3. The zero-order valence-corrected chi connectivity index (χ0v) is 14.0. The van der Waals surface area contributed by atoms with E-state index < -0.39 is 23.3 Å². The minimum absolute atomic E-state index is 0.233. The highest BCUT2D eigenvalue weighted by Gasteiger charge is 2.60. The van der Waals surface area contributed by atoms with Crippen molar-refractivity contribution in [1.29, 1.82) is 0 Å². The van der Waals surface area contributed by atoms with Gasteiger partial charge in [0.05, 0.1) is 6.04 Å². The lowest BCUT2D eigenvalue weighted by Gasteiger charge is -2.54. The van der Waals surface area contributed by atoms with Crippen LogP contribution in [0.3, 0.4) is 0 Å². The summed E-state index contributed by atoms with van der Waals surface area (Å²) in [5.41, 5.74) is 7.05. The van der Waals surface area contributed by atoms with Crippen molar-refractivity contribution < 1.29 is 14.4 Å². The summed E-state index contributed by atoms with van der Waals surface area (Å²) in [6.07, 6.45) is 0.233. The Morgan fingerprint density at radius 3 is 2.60 bits per heavy atom. The van der Waals surface area contributed by atoms with Crippen molar-refractivity contribution in [3.05, 3.63) is 23.8 Å². The molecular formula is C17H21N5O3. The molecule has 1 aromatic rings. The van der Waals surface area contributed by atoms with E-state index in [-0.39, 0.29) is 12.5 Å². The Morgan fingerprint density at radius 2 is 1.92 bits per heavy atom. The number of piperazine rings is 1. The maximum atomic E-state index is 12.9. The predicted octanol–water partition coefficient (Wildman–Crippen LogP) is -0.312. The third kappa shape index (κ3) is 2.21.